The molecule has 1 saturated carbocycles. The number of hydrogen-bond donors (Lipinski definition) is 1. The topological polar surface area (TPSA) is 36.1 Å². The molecule has 0 radical (unpaired) electrons. The average Bonchev–Trinajstić information content (AvgIpc) is 3.10. The molecule has 0 aliphatic heterocycles. The quantitative estimate of drug-likeness (QED) is 0.921. The van der Waals surface area contributed by atoms with Crippen molar-refractivity contribution < 1.29 is 18.0 Å². The summed E-state index contributed by atoms with van der Waals surface area (Å²) < 4.78 is 37.9. The molecule has 2 aromatic rings. The minimum Gasteiger partial charge on any atom is -0.361 e. The molecule has 6 heteroatoms. The number of aromatic amines is 1. The summed E-state index contributed by atoms with van der Waals surface area (Å²) in [5, 5.41) is 0.658. The van der Waals surface area contributed by atoms with Crippen molar-refractivity contribution in [3.8, 4) is 0 Å². The van der Waals surface area contributed by atoms with Gasteiger partial charge < -0.3 is 9.88 Å². The smallest absolute Gasteiger partial charge is 0.361 e. The van der Waals surface area contributed by atoms with Crippen LogP contribution in [0.25, 0.3) is 10.9 Å². The Labute approximate surface area is 113 Å². The molecule has 106 valence electrons. The van der Waals surface area contributed by atoms with E-state index in [4.69, 9.17) is 0 Å². The summed E-state index contributed by atoms with van der Waals surface area (Å²) in [7, 11) is 0. The van der Waals surface area contributed by atoms with Crippen molar-refractivity contribution in [2.24, 2.45) is 0 Å². The zero-order valence-electron chi connectivity index (χ0n) is 10.6. The van der Waals surface area contributed by atoms with E-state index in [1.54, 1.807) is 30.5 Å². The van der Waals surface area contributed by atoms with E-state index in [1.807, 2.05) is 0 Å². The third-order valence-corrected chi connectivity index (χ3v) is 3.42. The molecule has 0 atom stereocenters. The van der Waals surface area contributed by atoms with Crippen molar-refractivity contribution in [1.29, 1.82) is 0 Å². The van der Waals surface area contributed by atoms with Crippen LogP contribution in [-0.4, -0.2) is 34.6 Å². The normalized spacial score (nSPS) is 15.6. The van der Waals surface area contributed by atoms with Gasteiger partial charge in [-0.3, -0.25) is 4.79 Å². The molecule has 0 bridgehead atoms. The maximum atomic E-state index is 12.6. The highest BCUT2D eigenvalue weighted by Gasteiger charge is 2.41. The third kappa shape index (κ3) is 2.50. The number of H-pyrrole nitrogens is 1. The number of halogens is 3. The van der Waals surface area contributed by atoms with Gasteiger partial charge in [0.25, 0.3) is 5.91 Å². The largest absolute Gasteiger partial charge is 0.406 e. The first-order chi connectivity index (χ1) is 9.46. The van der Waals surface area contributed by atoms with Crippen molar-refractivity contribution >= 4 is 16.8 Å². The lowest BCUT2D eigenvalue weighted by Gasteiger charge is -2.24. The van der Waals surface area contributed by atoms with E-state index in [1.165, 1.54) is 0 Å². The molecule has 1 aromatic carbocycles. The van der Waals surface area contributed by atoms with Gasteiger partial charge in [-0.1, -0.05) is 6.07 Å². The van der Waals surface area contributed by atoms with Crippen LogP contribution in [0, 0.1) is 0 Å². The lowest BCUT2D eigenvalue weighted by molar-refractivity contribution is -0.141. The van der Waals surface area contributed by atoms with Gasteiger partial charge in [0, 0.05) is 28.7 Å². The van der Waals surface area contributed by atoms with Crippen molar-refractivity contribution in [3.63, 3.8) is 0 Å². The SMILES string of the molecule is O=C(c1cccc2[nH]ccc12)N(CC(F)(F)F)C1CC1. The highest BCUT2D eigenvalue weighted by atomic mass is 19.4. The summed E-state index contributed by atoms with van der Waals surface area (Å²) in [5.74, 6) is -0.546. The highest BCUT2D eigenvalue weighted by Crippen LogP contribution is 2.32. The number of nitrogens with one attached hydrogen (secondary N) is 1. The molecule has 0 spiro atoms. The minimum atomic E-state index is -4.37. The van der Waals surface area contributed by atoms with Gasteiger partial charge in [0.1, 0.15) is 6.54 Å². The lowest BCUT2D eigenvalue weighted by atomic mass is 10.1. The van der Waals surface area contributed by atoms with Crippen LogP contribution in [0.1, 0.15) is 23.2 Å². The van der Waals surface area contributed by atoms with E-state index in [0.717, 1.165) is 10.4 Å². The number of hydrogen-bond acceptors (Lipinski definition) is 1. The summed E-state index contributed by atoms with van der Waals surface area (Å²) in [6.45, 7) is -1.18. The monoisotopic (exact) mass is 282 g/mol. The molecular weight excluding hydrogens is 269 g/mol. The predicted octanol–water partition coefficient (Wildman–Crippen LogP) is 3.33. The second kappa shape index (κ2) is 4.54. The van der Waals surface area contributed by atoms with Gasteiger partial charge >= 0.3 is 6.18 Å². The third-order valence-electron chi connectivity index (χ3n) is 3.42. The fourth-order valence-electron chi connectivity index (χ4n) is 2.37. The van der Waals surface area contributed by atoms with E-state index in [2.05, 4.69) is 4.98 Å². The molecule has 0 unspecified atom stereocenters. The van der Waals surface area contributed by atoms with Crippen molar-refractivity contribution in [2.75, 3.05) is 6.54 Å². The predicted molar refractivity (Wildman–Crippen MR) is 68.4 cm³/mol. The second-order valence-electron chi connectivity index (χ2n) is 5.02. The Morgan fingerprint density at radius 3 is 2.70 bits per heavy atom. The molecule has 3 nitrogen and oxygen atoms in total. The number of carbonyl (C=O) groups is 1. The number of alkyl halides is 3. The molecule has 1 fully saturated rings. The molecule has 1 aromatic heterocycles. The van der Waals surface area contributed by atoms with E-state index in [0.29, 0.717) is 23.8 Å². The van der Waals surface area contributed by atoms with Crippen molar-refractivity contribution in [1.82, 2.24) is 9.88 Å². The number of aromatic nitrogens is 1. The van der Waals surface area contributed by atoms with Crippen LogP contribution < -0.4 is 0 Å². The average molecular weight is 282 g/mol. The Bertz CT molecular complexity index is 643. The van der Waals surface area contributed by atoms with Crippen LogP contribution >= 0.6 is 0 Å². The van der Waals surface area contributed by atoms with Gasteiger partial charge in [-0.05, 0) is 31.0 Å². The first kappa shape index (κ1) is 13.0. The maximum absolute atomic E-state index is 12.6. The molecule has 3 rings (SSSR count). The number of benzene rings is 1. The molecule has 0 saturated heterocycles. The summed E-state index contributed by atoms with van der Waals surface area (Å²) in [5.41, 5.74) is 1.07. The maximum Gasteiger partial charge on any atom is 0.406 e. The number of carbonyl (C=O) groups excluding carboxylic acids is 1. The molecule has 1 aliphatic rings. The second-order valence-corrected chi connectivity index (χ2v) is 5.02. The number of amides is 1. The summed E-state index contributed by atoms with van der Waals surface area (Å²) in [6, 6.07) is 6.46. The number of rotatable bonds is 3. The minimum absolute atomic E-state index is 0.279. The van der Waals surface area contributed by atoms with E-state index in [9.17, 15) is 18.0 Å². The Morgan fingerprint density at radius 1 is 1.30 bits per heavy atom. The van der Waals surface area contributed by atoms with Crippen LogP contribution in [0.4, 0.5) is 13.2 Å². The van der Waals surface area contributed by atoms with Crippen LogP contribution in [0.5, 0.6) is 0 Å². The summed E-state index contributed by atoms with van der Waals surface area (Å²) in [4.78, 5) is 16.3. The van der Waals surface area contributed by atoms with E-state index < -0.39 is 18.6 Å². The lowest BCUT2D eigenvalue weighted by Crippen LogP contribution is -2.40. The molecule has 20 heavy (non-hydrogen) atoms. The van der Waals surface area contributed by atoms with Gasteiger partial charge in [0.15, 0.2) is 0 Å². The summed E-state index contributed by atoms with van der Waals surface area (Å²) in [6.07, 6.45) is -1.41. The Kier molecular flexibility index (Phi) is 2.96. The van der Waals surface area contributed by atoms with Crippen molar-refractivity contribution in [2.45, 2.75) is 25.1 Å². The van der Waals surface area contributed by atoms with E-state index in [-0.39, 0.29) is 6.04 Å². The fourth-order valence-corrected chi connectivity index (χ4v) is 2.37. The van der Waals surface area contributed by atoms with Crippen LogP contribution in [0.15, 0.2) is 30.5 Å². The Hall–Kier alpha value is -1.98. The molecule has 1 aliphatic carbocycles. The molecule has 1 heterocycles. The number of nitrogens with zero attached hydrogens (tertiary/aromatic N) is 1. The van der Waals surface area contributed by atoms with Gasteiger partial charge in [-0.15, -0.1) is 0 Å². The van der Waals surface area contributed by atoms with Crippen LogP contribution in [0.2, 0.25) is 0 Å². The van der Waals surface area contributed by atoms with Gasteiger partial charge in [0.2, 0.25) is 0 Å². The van der Waals surface area contributed by atoms with Gasteiger partial charge in [0.05, 0.1) is 0 Å². The Morgan fingerprint density at radius 2 is 2.05 bits per heavy atom. The number of fused-ring (bicyclic) bond motifs is 1. The Balaban J connectivity index is 1.95. The molecular formula is C14H13F3N2O. The standard InChI is InChI=1S/C14H13F3N2O/c15-14(16,17)8-19(9-4-5-9)13(20)11-2-1-3-12-10(11)6-7-18-12/h1-3,6-7,9,18H,4-5,8H2. The highest BCUT2D eigenvalue weighted by molar-refractivity contribution is 6.06. The van der Waals surface area contributed by atoms with Gasteiger partial charge in [-0.25, -0.2) is 0 Å². The van der Waals surface area contributed by atoms with E-state index >= 15 is 0 Å². The van der Waals surface area contributed by atoms with Gasteiger partial charge in [-0.2, -0.15) is 13.2 Å². The fraction of sp³-hybridized carbons (Fsp3) is 0.357. The molecule has 1 amide bonds. The van der Waals surface area contributed by atoms with Crippen molar-refractivity contribution in [3.05, 3.63) is 36.0 Å². The first-order valence-corrected chi connectivity index (χ1v) is 6.39. The zero-order chi connectivity index (χ0) is 14.3. The van der Waals surface area contributed by atoms with Crippen LogP contribution in [-0.2, 0) is 0 Å². The first-order valence-electron chi connectivity index (χ1n) is 6.39. The molecule has 1 N–H and O–H groups in total. The zero-order valence-corrected chi connectivity index (χ0v) is 10.6. The van der Waals surface area contributed by atoms with Crippen LogP contribution in [0.3, 0.4) is 0 Å². The summed E-state index contributed by atoms with van der Waals surface area (Å²) >= 11 is 0.